The molecule has 1 aromatic heterocycles. The fourth-order valence-corrected chi connectivity index (χ4v) is 5.59. The number of nitrogens with zero attached hydrogens (tertiary/aromatic N) is 2. The Morgan fingerprint density at radius 3 is 2.31 bits per heavy atom. The number of benzene rings is 2. The highest BCUT2D eigenvalue weighted by molar-refractivity contribution is 6.30. The molecule has 0 saturated carbocycles. The second kappa shape index (κ2) is 10.2. The summed E-state index contributed by atoms with van der Waals surface area (Å²) in [6, 6.07) is 18.2. The summed E-state index contributed by atoms with van der Waals surface area (Å²) in [5, 5.41) is 0.656. The van der Waals surface area contributed by atoms with Crippen LogP contribution in [0.5, 0.6) is 0 Å². The van der Waals surface area contributed by atoms with E-state index in [0.717, 1.165) is 31.5 Å². The minimum absolute atomic E-state index is 0.438. The average molecular weight is 447 g/mol. The van der Waals surface area contributed by atoms with Crippen molar-refractivity contribution < 1.29 is 0 Å². The van der Waals surface area contributed by atoms with Crippen molar-refractivity contribution in [3.05, 3.63) is 87.1 Å². The predicted molar refractivity (Wildman–Crippen MR) is 136 cm³/mol. The molecule has 2 aromatic carbocycles. The third-order valence-electron chi connectivity index (χ3n) is 7.08. The van der Waals surface area contributed by atoms with Crippen LogP contribution in [0, 0.1) is 0 Å². The molecule has 1 aliphatic rings. The van der Waals surface area contributed by atoms with Gasteiger partial charge in [0.15, 0.2) is 0 Å². The number of halogens is 1. The highest BCUT2D eigenvalue weighted by Crippen LogP contribution is 2.36. The number of aromatic nitrogens is 1. The lowest BCUT2D eigenvalue weighted by molar-refractivity contribution is 0.212. The third kappa shape index (κ3) is 4.49. The van der Waals surface area contributed by atoms with E-state index in [-0.39, 0.29) is 0 Å². The zero-order valence-corrected chi connectivity index (χ0v) is 20.7. The van der Waals surface area contributed by atoms with Crippen LogP contribution >= 0.6 is 11.6 Å². The van der Waals surface area contributed by atoms with Crippen LogP contribution in [0.15, 0.2) is 48.5 Å². The van der Waals surface area contributed by atoms with Gasteiger partial charge in [0.25, 0.3) is 0 Å². The Labute approximate surface area is 198 Å². The van der Waals surface area contributed by atoms with E-state index in [4.69, 9.17) is 16.6 Å². The van der Waals surface area contributed by atoms with Crippen LogP contribution in [-0.2, 0) is 32.2 Å². The summed E-state index contributed by atoms with van der Waals surface area (Å²) in [4.78, 5) is 7.42. The third-order valence-corrected chi connectivity index (χ3v) is 7.39. The van der Waals surface area contributed by atoms with Crippen LogP contribution in [0.3, 0.4) is 0 Å². The van der Waals surface area contributed by atoms with Gasteiger partial charge in [0.05, 0.1) is 5.69 Å². The second-order valence-corrected chi connectivity index (χ2v) is 9.33. The number of fused-ring (bicyclic) bond motifs is 1. The zero-order valence-electron chi connectivity index (χ0n) is 19.9. The zero-order chi connectivity index (χ0) is 22.7. The monoisotopic (exact) mass is 446 g/mol. The fourth-order valence-electron chi connectivity index (χ4n) is 5.32. The van der Waals surface area contributed by atoms with E-state index in [9.17, 15) is 0 Å². The molecule has 1 heterocycles. The van der Waals surface area contributed by atoms with Crippen LogP contribution in [0.25, 0.3) is 11.3 Å². The van der Waals surface area contributed by atoms with Gasteiger partial charge in [0.1, 0.15) is 5.15 Å². The van der Waals surface area contributed by atoms with Crippen molar-refractivity contribution in [2.45, 2.75) is 71.9 Å². The van der Waals surface area contributed by atoms with Crippen molar-refractivity contribution in [2.75, 3.05) is 7.05 Å². The van der Waals surface area contributed by atoms with E-state index in [1.165, 1.54) is 58.2 Å². The molecule has 0 saturated heterocycles. The van der Waals surface area contributed by atoms with Gasteiger partial charge in [-0.25, -0.2) is 4.98 Å². The molecule has 0 aliphatic heterocycles. The molecule has 4 rings (SSSR count). The van der Waals surface area contributed by atoms with Gasteiger partial charge in [-0.05, 0) is 79.5 Å². The molecule has 0 N–H and O–H groups in total. The highest BCUT2D eigenvalue weighted by Gasteiger charge is 2.25. The van der Waals surface area contributed by atoms with Crippen LogP contribution < -0.4 is 0 Å². The summed E-state index contributed by atoms with van der Waals surface area (Å²) in [5.74, 6) is 0. The maximum atomic E-state index is 6.90. The molecule has 0 amide bonds. The van der Waals surface area contributed by atoms with Gasteiger partial charge in [0.2, 0.25) is 0 Å². The molecular formula is C29H35ClN2. The molecular weight excluding hydrogens is 412 g/mol. The summed E-state index contributed by atoms with van der Waals surface area (Å²) in [6.07, 6.45) is 6.57. The number of hydrogen-bond donors (Lipinski definition) is 0. The average Bonchev–Trinajstić information content (AvgIpc) is 2.83. The van der Waals surface area contributed by atoms with Gasteiger partial charge in [-0.15, -0.1) is 0 Å². The first kappa shape index (κ1) is 23.0. The van der Waals surface area contributed by atoms with Crippen molar-refractivity contribution in [3.8, 4) is 11.3 Å². The Bertz CT molecular complexity index is 1070. The maximum absolute atomic E-state index is 6.90. The molecule has 0 radical (unpaired) electrons. The lowest BCUT2D eigenvalue weighted by atomic mass is 9.86. The second-order valence-electron chi connectivity index (χ2n) is 8.97. The van der Waals surface area contributed by atoms with Crippen LogP contribution in [0.4, 0.5) is 0 Å². The largest absolute Gasteiger partial charge is 0.295 e. The molecule has 0 unspecified atom stereocenters. The van der Waals surface area contributed by atoms with Gasteiger partial charge in [-0.1, -0.05) is 74.8 Å². The highest BCUT2D eigenvalue weighted by atomic mass is 35.5. The predicted octanol–water partition coefficient (Wildman–Crippen LogP) is 7.60. The van der Waals surface area contributed by atoms with Gasteiger partial charge >= 0.3 is 0 Å². The molecule has 32 heavy (non-hydrogen) atoms. The number of pyridine rings is 1. The Hall–Kier alpha value is -2.16. The van der Waals surface area contributed by atoms with Gasteiger partial charge in [-0.2, -0.15) is 0 Å². The Balaban J connectivity index is 1.69. The molecule has 0 spiro atoms. The van der Waals surface area contributed by atoms with E-state index in [0.29, 0.717) is 11.2 Å². The van der Waals surface area contributed by atoms with E-state index in [1.807, 2.05) is 0 Å². The van der Waals surface area contributed by atoms with Crippen LogP contribution in [0.2, 0.25) is 5.15 Å². The maximum Gasteiger partial charge on any atom is 0.134 e. The van der Waals surface area contributed by atoms with Crippen molar-refractivity contribution in [1.29, 1.82) is 0 Å². The molecule has 168 valence electrons. The van der Waals surface area contributed by atoms with E-state index in [2.05, 4.69) is 81.2 Å². The first-order chi connectivity index (χ1) is 15.6. The minimum atomic E-state index is 0.438. The molecule has 3 heteroatoms. The first-order valence-corrected chi connectivity index (χ1v) is 12.5. The fraction of sp³-hybridized carbons (Fsp3) is 0.414. The topological polar surface area (TPSA) is 16.1 Å². The Morgan fingerprint density at radius 1 is 0.938 bits per heavy atom. The lowest BCUT2D eigenvalue weighted by Gasteiger charge is -2.34. The van der Waals surface area contributed by atoms with Crippen molar-refractivity contribution in [1.82, 2.24) is 9.88 Å². The van der Waals surface area contributed by atoms with Crippen LogP contribution in [0.1, 0.15) is 73.0 Å². The standard InChI is InChI=1S/C29H35ClN2/c1-5-20-13-10-14-21(6-2)28(20)26-18-22(7-3)25(29(30)31-26)19-32(4)27-17-11-15-23-12-8-9-16-24(23)27/h8-10,12-14,16,18,27H,5-7,11,15,17,19H2,1-4H3/t27-/m1/s1. The normalized spacial score (nSPS) is 15.8. The summed E-state index contributed by atoms with van der Waals surface area (Å²) >= 11 is 6.90. The van der Waals surface area contributed by atoms with E-state index >= 15 is 0 Å². The SMILES string of the molecule is CCc1cc(-c2c(CC)cccc2CC)nc(Cl)c1CN(C)[C@@H]1CCCc2ccccc21. The number of rotatable bonds is 7. The molecule has 3 aromatic rings. The summed E-state index contributed by atoms with van der Waals surface area (Å²) in [6.45, 7) is 7.48. The molecule has 2 nitrogen and oxygen atoms in total. The van der Waals surface area contributed by atoms with Crippen molar-refractivity contribution >= 4 is 11.6 Å². The molecule has 1 aliphatic carbocycles. The summed E-state index contributed by atoms with van der Waals surface area (Å²) < 4.78 is 0. The van der Waals surface area contributed by atoms with Crippen molar-refractivity contribution in [2.24, 2.45) is 0 Å². The quantitative estimate of drug-likeness (QED) is 0.347. The Kier molecular flexibility index (Phi) is 7.33. The Morgan fingerprint density at radius 2 is 1.62 bits per heavy atom. The van der Waals surface area contributed by atoms with E-state index in [1.54, 1.807) is 0 Å². The first-order valence-electron chi connectivity index (χ1n) is 12.1. The number of hydrogen-bond acceptors (Lipinski definition) is 2. The van der Waals surface area contributed by atoms with Crippen LogP contribution in [-0.4, -0.2) is 16.9 Å². The molecule has 0 bridgehead atoms. The minimum Gasteiger partial charge on any atom is -0.295 e. The smallest absolute Gasteiger partial charge is 0.134 e. The lowest BCUT2D eigenvalue weighted by Crippen LogP contribution is -2.28. The molecule has 0 fully saturated rings. The summed E-state index contributed by atoms with van der Waals surface area (Å²) in [5.41, 5.74) is 10.4. The van der Waals surface area contributed by atoms with Crippen molar-refractivity contribution in [3.63, 3.8) is 0 Å². The molecule has 1 atom stereocenters. The van der Waals surface area contributed by atoms with Gasteiger partial charge in [-0.3, -0.25) is 4.90 Å². The number of aryl methyl sites for hydroxylation is 4. The van der Waals surface area contributed by atoms with E-state index < -0.39 is 0 Å². The van der Waals surface area contributed by atoms with Gasteiger partial charge in [0, 0.05) is 23.7 Å². The van der Waals surface area contributed by atoms with Gasteiger partial charge < -0.3 is 0 Å². The summed E-state index contributed by atoms with van der Waals surface area (Å²) in [7, 11) is 2.23.